The normalized spacial score (nSPS) is 18.0. The number of esters is 1. The zero-order chi connectivity index (χ0) is 54.8. The molecule has 4 atom stereocenters. The lowest BCUT2D eigenvalue weighted by atomic mass is 9.81. The number of pyridine rings is 2. The Hall–Kier alpha value is -7.92. The number of carbonyl (C=O) groups excluding carboxylic acids is 9. The van der Waals surface area contributed by atoms with Crippen molar-refractivity contribution in [1.82, 2.24) is 46.4 Å². The van der Waals surface area contributed by atoms with E-state index in [1.807, 2.05) is 26.0 Å². The van der Waals surface area contributed by atoms with Crippen molar-refractivity contribution in [1.29, 1.82) is 0 Å². The van der Waals surface area contributed by atoms with E-state index in [-0.39, 0.29) is 67.8 Å². The zero-order valence-electron chi connectivity index (χ0n) is 42.7. The van der Waals surface area contributed by atoms with Crippen LogP contribution in [0.3, 0.4) is 0 Å². The van der Waals surface area contributed by atoms with Crippen LogP contribution < -0.4 is 37.5 Å². The van der Waals surface area contributed by atoms with Crippen molar-refractivity contribution in [2.75, 3.05) is 39.5 Å². The average molecular weight is 1050 g/mol. The first-order chi connectivity index (χ1) is 36.3. The van der Waals surface area contributed by atoms with Gasteiger partial charge in [-0.25, -0.2) is 14.2 Å². The van der Waals surface area contributed by atoms with Gasteiger partial charge in [0.25, 0.3) is 17.4 Å². The average Bonchev–Trinajstić information content (AvgIpc) is 4.01. The van der Waals surface area contributed by atoms with Crippen molar-refractivity contribution in [3.05, 3.63) is 98.1 Å². The first kappa shape index (κ1) is 55.8. The third-order valence-electron chi connectivity index (χ3n) is 13.8. The highest BCUT2D eigenvalue weighted by Crippen LogP contribution is 2.46. The number of aromatic nitrogens is 2. The smallest absolute Gasteiger partial charge is 0.343 e. The van der Waals surface area contributed by atoms with Gasteiger partial charge < -0.3 is 51.0 Å². The van der Waals surface area contributed by atoms with Crippen LogP contribution in [0.2, 0.25) is 0 Å². The number of ether oxygens (including phenoxy) is 2. The topological polar surface area (TPSA) is 303 Å². The maximum atomic E-state index is 15.4. The number of unbranched alkanes of at least 4 members (excludes halogenated alkanes) is 2. The molecule has 4 aliphatic rings. The first-order valence-corrected chi connectivity index (χ1v) is 25.2. The maximum Gasteiger partial charge on any atom is 0.343 e. The van der Waals surface area contributed by atoms with Crippen LogP contribution in [0.1, 0.15) is 105 Å². The number of fused-ring (bicyclic) bond motifs is 5. The Bertz CT molecular complexity index is 3000. The van der Waals surface area contributed by atoms with Crippen molar-refractivity contribution in [3.8, 4) is 11.4 Å². The predicted octanol–water partition coefficient (Wildman–Crippen LogP) is 1.20. The lowest BCUT2D eigenvalue weighted by molar-refractivity contribution is -0.172. The molecule has 404 valence electrons. The van der Waals surface area contributed by atoms with Crippen LogP contribution in [0, 0.1) is 18.7 Å². The Morgan fingerprint density at radius 2 is 1.62 bits per heavy atom. The van der Waals surface area contributed by atoms with Gasteiger partial charge in [0.1, 0.15) is 31.8 Å². The molecule has 22 nitrogen and oxygen atoms in total. The van der Waals surface area contributed by atoms with Crippen LogP contribution in [-0.2, 0) is 77.8 Å². The van der Waals surface area contributed by atoms with Crippen LogP contribution in [0.4, 0.5) is 4.39 Å². The Morgan fingerprint density at radius 3 is 2.36 bits per heavy atom. The quantitative estimate of drug-likeness (QED) is 0.0171. The van der Waals surface area contributed by atoms with Gasteiger partial charge in [0.05, 0.1) is 54.7 Å². The van der Waals surface area contributed by atoms with E-state index < -0.39 is 103 Å². The number of carbonyl (C=O) groups is 9. The van der Waals surface area contributed by atoms with Crippen LogP contribution in [-0.4, -0.2) is 118 Å². The summed E-state index contributed by atoms with van der Waals surface area (Å²) in [6, 6.07) is 1.12. The Kier molecular flexibility index (Phi) is 18.1. The predicted molar refractivity (Wildman–Crippen MR) is 270 cm³/mol. The number of hydrogen-bond donors (Lipinski definition) is 7. The summed E-state index contributed by atoms with van der Waals surface area (Å²) in [7, 11) is 0. The number of hydrogen-bond acceptors (Lipinski definition) is 14. The van der Waals surface area contributed by atoms with Crippen LogP contribution in [0.5, 0.6) is 0 Å². The van der Waals surface area contributed by atoms with Crippen LogP contribution >= 0.6 is 0 Å². The number of benzene rings is 1. The van der Waals surface area contributed by atoms with Gasteiger partial charge in [-0.1, -0.05) is 44.6 Å². The molecule has 0 saturated heterocycles. The minimum Gasteiger partial charge on any atom is -0.458 e. The van der Waals surface area contributed by atoms with Gasteiger partial charge in [-0.15, -0.1) is 0 Å². The summed E-state index contributed by atoms with van der Waals surface area (Å²) in [5.74, 6) is -5.96. The summed E-state index contributed by atoms with van der Waals surface area (Å²) in [4.78, 5) is 133. The fourth-order valence-corrected chi connectivity index (χ4v) is 9.75. The molecule has 8 amide bonds. The van der Waals surface area contributed by atoms with Gasteiger partial charge in [-0.3, -0.25) is 48.1 Å². The molecule has 0 saturated carbocycles. The minimum absolute atomic E-state index is 0.0502. The molecule has 0 radical (unpaired) electrons. The molecule has 7 rings (SSSR count). The lowest BCUT2D eigenvalue weighted by Gasteiger charge is -2.31. The molecule has 0 spiro atoms. The summed E-state index contributed by atoms with van der Waals surface area (Å²) in [6.45, 7) is 4.57. The highest BCUT2D eigenvalue weighted by molar-refractivity contribution is 6.12. The molecule has 0 bridgehead atoms. The second-order valence-electron chi connectivity index (χ2n) is 19.1. The number of halogens is 1. The third kappa shape index (κ3) is 12.6. The molecule has 1 unspecified atom stereocenters. The third-order valence-corrected chi connectivity index (χ3v) is 13.8. The van der Waals surface area contributed by atoms with Crippen molar-refractivity contribution >= 4 is 64.1 Å². The Labute approximate surface area is 436 Å². The van der Waals surface area contributed by atoms with E-state index in [4.69, 9.17) is 14.5 Å². The Morgan fingerprint density at radius 1 is 0.908 bits per heavy atom. The molecule has 7 N–H and O–H groups in total. The summed E-state index contributed by atoms with van der Waals surface area (Å²) >= 11 is 0. The molecular formula is C53H62FN9O13. The SMILES string of the molecule is C/C=C\C=C/C(C)C[C@H](NC(=O)CNC(=O)CNC(=O)CCCCCN1C(=O)C=CC1=O)C(=O)NCC(=O)NCOCC(=O)N[C@H]1CCc2c(C)c(F)cc3nc4c(c1c23)Cn1c-4cc2c(c1=O)COC(=O)[C@]2(O)CC. The molecule has 5 heterocycles. The number of rotatable bonds is 24. The number of aryl methyl sites for hydroxylation is 1. The van der Waals surface area contributed by atoms with Crippen molar-refractivity contribution in [3.63, 3.8) is 0 Å². The number of cyclic esters (lactones) is 1. The van der Waals surface area contributed by atoms with E-state index in [1.165, 1.54) is 22.8 Å². The molecule has 0 fully saturated rings. The van der Waals surface area contributed by atoms with E-state index in [9.17, 15) is 53.1 Å². The van der Waals surface area contributed by atoms with Crippen LogP contribution in [0.25, 0.3) is 22.3 Å². The number of allylic oxidation sites excluding steroid dienone is 4. The number of nitrogens with zero attached hydrogens (tertiary/aromatic N) is 3. The van der Waals surface area contributed by atoms with E-state index in [2.05, 4.69) is 31.9 Å². The van der Waals surface area contributed by atoms with E-state index in [0.29, 0.717) is 71.1 Å². The fourth-order valence-electron chi connectivity index (χ4n) is 9.75. The van der Waals surface area contributed by atoms with Gasteiger partial charge in [0.15, 0.2) is 5.60 Å². The summed E-state index contributed by atoms with van der Waals surface area (Å²) in [6.07, 6.45) is 12.1. The van der Waals surface area contributed by atoms with Gasteiger partial charge in [0, 0.05) is 47.7 Å². The van der Waals surface area contributed by atoms with Crippen molar-refractivity contribution in [2.24, 2.45) is 5.92 Å². The molecule has 76 heavy (non-hydrogen) atoms. The fraction of sp³-hybridized carbons (Fsp3) is 0.453. The standard InChI is InChI=1S/C53H62FN9O13/c1-5-7-9-12-29(3)19-38(60-43(67)24-56-41(65)22-55-40(64)13-10-8-11-18-62-45(69)16-17-46(62)70)50(71)57-23-42(66)58-28-75-27-44(68)59-36-15-14-31-30(4)35(54)21-37-47(31)48(36)32-25-63-39(49(32)61-37)20-34-33(51(63)72)26-76-52(73)53(34,74)6-2/h5,7,9,12,16-17,20-21,29,36,38,74H,6,8,10-11,13-15,18-19,22-28H2,1-4H3,(H,55,64)(H,56,65)(H,57,71)(H,58,66)(H,59,68)(H,60,67)/b7-5-,12-9-/t29?,36-,38-,53-/m0/s1. The summed E-state index contributed by atoms with van der Waals surface area (Å²) < 4.78 is 27.5. The summed E-state index contributed by atoms with van der Waals surface area (Å²) in [5, 5.41) is 27.4. The van der Waals surface area contributed by atoms with Gasteiger partial charge >= 0.3 is 5.97 Å². The Balaban J connectivity index is 0.885. The highest BCUT2D eigenvalue weighted by atomic mass is 19.1. The number of nitrogens with one attached hydrogen (secondary N) is 6. The molecule has 1 aromatic carbocycles. The molecular weight excluding hydrogens is 990 g/mol. The molecule has 3 aromatic rings. The van der Waals surface area contributed by atoms with Gasteiger partial charge in [0.2, 0.25) is 35.4 Å². The highest BCUT2D eigenvalue weighted by Gasteiger charge is 2.46. The largest absolute Gasteiger partial charge is 0.458 e. The van der Waals surface area contributed by atoms with Gasteiger partial charge in [-0.2, -0.15) is 0 Å². The lowest BCUT2D eigenvalue weighted by Crippen LogP contribution is -2.52. The first-order valence-electron chi connectivity index (χ1n) is 25.2. The van der Waals surface area contributed by atoms with Crippen molar-refractivity contribution in [2.45, 2.75) is 110 Å². The number of aliphatic hydroxyl groups is 1. The maximum absolute atomic E-state index is 15.4. The summed E-state index contributed by atoms with van der Waals surface area (Å²) in [5.41, 5.74) is 1.15. The van der Waals surface area contributed by atoms with Crippen molar-refractivity contribution < 1.29 is 62.1 Å². The zero-order valence-corrected chi connectivity index (χ0v) is 42.7. The number of amides is 8. The molecule has 3 aliphatic heterocycles. The number of imide groups is 1. The molecule has 23 heteroatoms. The second kappa shape index (κ2) is 24.6. The monoisotopic (exact) mass is 1050 g/mol. The van der Waals surface area contributed by atoms with Crippen LogP contribution in [0.15, 0.2) is 53.4 Å². The molecule has 1 aliphatic carbocycles. The second-order valence-corrected chi connectivity index (χ2v) is 19.1. The van der Waals surface area contributed by atoms with E-state index >= 15 is 4.39 Å². The molecule has 2 aromatic heterocycles. The van der Waals surface area contributed by atoms with Gasteiger partial charge in [-0.05, 0) is 81.0 Å². The van der Waals surface area contributed by atoms with E-state index in [0.717, 1.165) is 10.5 Å². The minimum atomic E-state index is -2.05. The van der Waals surface area contributed by atoms with E-state index in [1.54, 1.807) is 32.1 Å².